The summed E-state index contributed by atoms with van der Waals surface area (Å²) in [6.45, 7) is 2.12. The quantitative estimate of drug-likeness (QED) is 0.510. The molecule has 1 aliphatic heterocycles. The van der Waals surface area contributed by atoms with Crippen molar-refractivity contribution < 1.29 is 19.0 Å². The van der Waals surface area contributed by atoms with Crippen LogP contribution >= 0.6 is 0 Å². The molecule has 20 heavy (non-hydrogen) atoms. The number of nitrogen functional groups attached to an aromatic ring is 1. The first-order valence-electron chi connectivity index (χ1n) is 6.39. The Bertz CT molecular complexity index is 479. The first-order valence-corrected chi connectivity index (χ1v) is 6.39. The van der Waals surface area contributed by atoms with Crippen LogP contribution in [0.2, 0.25) is 0 Å². The van der Waals surface area contributed by atoms with Crippen molar-refractivity contribution in [2.75, 3.05) is 51.1 Å². The van der Waals surface area contributed by atoms with E-state index in [2.05, 4.69) is 10.6 Å². The molecule has 0 aromatic heterocycles. The third-order valence-electron chi connectivity index (χ3n) is 2.78. The maximum absolute atomic E-state index is 11.6. The van der Waals surface area contributed by atoms with Gasteiger partial charge in [0.1, 0.15) is 13.2 Å². The molecule has 2 rings (SSSR count). The van der Waals surface area contributed by atoms with Gasteiger partial charge in [-0.2, -0.15) is 0 Å². The lowest BCUT2D eigenvalue weighted by Gasteiger charge is -2.20. The summed E-state index contributed by atoms with van der Waals surface area (Å²) >= 11 is 0. The van der Waals surface area contributed by atoms with Gasteiger partial charge in [0.05, 0.1) is 24.5 Å². The van der Waals surface area contributed by atoms with Crippen molar-refractivity contribution in [3.63, 3.8) is 0 Å². The van der Waals surface area contributed by atoms with Crippen LogP contribution in [0.1, 0.15) is 0 Å². The molecule has 0 saturated carbocycles. The second-order valence-corrected chi connectivity index (χ2v) is 4.28. The van der Waals surface area contributed by atoms with E-state index in [9.17, 15) is 4.79 Å². The zero-order chi connectivity index (χ0) is 14.4. The van der Waals surface area contributed by atoms with E-state index in [-0.39, 0.29) is 12.5 Å². The number of benzene rings is 1. The number of methoxy groups -OCH3 is 1. The van der Waals surface area contributed by atoms with Crippen LogP contribution in [0.15, 0.2) is 12.1 Å². The number of ether oxygens (including phenoxy) is 3. The Morgan fingerprint density at radius 2 is 2.05 bits per heavy atom. The highest BCUT2D eigenvalue weighted by Crippen LogP contribution is 2.36. The predicted molar refractivity (Wildman–Crippen MR) is 75.2 cm³/mol. The second-order valence-electron chi connectivity index (χ2n) is 4.28. The van der Waals surface area contributed by atoms with E-state index in [4.69, 9.17) is 19.9 Å². The highest BCUT2D eigenvalue weighted by atomic mass is 16.6. The van der Waals surface area contributed by atoms with Crippen LogP contribution in [0, 0.1) is 0 Å². The van der Waals surface area contributed by atoms with Gasteiger partial charge in [0.2, 0.25) is 5.91 Å². The minimum Gasteiger partial charge on any atom is -0.486 e. The van der Waals surface area contributed by atoms with E-state index in [0.717, 1.165) is 0 Å². The van der Waals surface area contributed by atoms with Crippen LogP contribution in [0.5, 0.6) is 11.5 Å². The Morgan fingerprint density at radius 3 is 2.75 bits per heavy atom. The molecule has 0 atom stereocenters. The number of carbonyl (C=O) groups excluding carboxylic acids is 1. The molecular formula is C13H19N3O4. The minimum absolute atomic E-state index is 0.128. The van der Waals surface area contributed by atoms with Gasteiger partial charge in [-0.3, -0.25) is 4.79 Å². The van der Waals surface area contributed by atoms with Crippen molar-refractivity contribution in [3.8, 4) is 11.5 Å². The summed E-state index contributed by atoms with van der Waals surface area (Å²) in [4.78, 5) is 11.6. The van der Waals surface area contributed by atoms with Crippen LogP contribution in [-0.4, -0.2) is 45.9 Å². The second kappa shape index (κ2) is 6.85. The summed E-state index contributed by atoms with van der Waals surface area (Å²) < 4.78 is 15.7. The molecule has 4 N–H and O–H groups in total. The lowest BCUT2D eigenvalue weighted by molar-refractivity contribution is -0.119. The Hall–Kier alpha value is -2.15. The molecule has 1 heterocycles. The van der Waals surface area contributed by atoms with Crippen molar-refractivity contribution >= 4 is 17.3 Å². The molecule has 7 nitrogen and oxygen atoms in total. The molecule has 0 saturated heterocycles. The summed E-state index contributed by atoms with van der Waals surface area (Å²) in [5, 5.41) is 5.69. The minimum atomic E-state index is -0.128. The molecule has 110 valence electrons. The Balaban J connectivity index is 1.91. The number of amides is 1. The molecule has 0 aliphatic carbocycles. The summed E-state index contributed by atoms with van der Waals surface area (Å²) in [7, 11) is 1.58. The Kier molecular flexibility index (Phi) is 4.89. The van der Waals surface area contributed by atoms with Crippen LogP contribution in [0.25, 0.3) is 0 Å². The van der Waals surface area contributed by atoms with Crippen LogP contribution < -0.4 is 25.8 Å². The zero-order valence-corrected chi connectivity index (χ0v) is 11.4. The number of fused-ring (bicyclic) bond motifs is 1. The predicted octanol–water partition coefficient (Wildman–Crippen LogP) is 0.215. The topological polar surface area (TPSA) is 94.8 Å². The third kappa shape index (κ3) is 3.67. The van der Waals surface area contributed by atoms with Gasteiger partial charge in [0, 0.05) is 25.8 Å². The molecule has 7 heteroatoms. The molecule has 0 unspecified atom stereocenters. The molecule has 0 fully saturated rings. The fourth-order valence-corrected chi connectivity index (χ4v) is 1.79. The van der Waals surface area contributed by atoms with Crippen molar-refractivity contribution in [2.45, 2.75) is 0 Å². The largest absolute Gasteiger partial charge is 0.486 e. The highest BCUT2D eigenvalue weighted by molar-refractivity contribution is 5.83. The van der Waals surface area contributed by atoms with Gasteiger partial charge < -0.3 is 30.6 Å². The van der Waals surface area contributed by atoms with Crippen molar-refractivity contribution in [2.24, 2.45) is 0 Å². The van der Waals surface area contributed by atoms with Crippen LogP contribution in [0.4, 0.5) is 11.4 Å². The number of anilines is 2. The SMILES string of the molecule is COCCNC(=O)CNc1cc2c(cc1N)OCCO2. The third-order valence-corrected chi connectivity index (χ3v) is 2.78. The average molecular weight is 281 g/mol. The van der Waals surface area contributed by atoms with Gasteiger partial charge in [-0.1, -0.05) is 0 Å². The van der Waals surface area contributed by atoms with Gasteiger partial charge in [-0.05, 0) is 0 Å². The Labute approximate surface area is 117 Å². The van der Waals surface area contributed by atoms with E-state index in [1.54, 1.807) is 19.2 Å². The first-order chi connectivity index (χ1) is 9.70. The normalized spacial score (nSPS) is 12.8. The summed E-state index contributed by atoms with van der Waals surface area (Å²) in [5.74, 6) is 1.13. The highest BCUT2D eigenvalue weighted by Gasteiger charge is 2.14. The van der Waals surface area contributed by atoms with Gasteiger partial charge >= 0.3 is 0 Å². The molecule has 0 bridgehead atoms. The molecule has 0 radical (unpaired) electrons. The van der Waals surface area contributed by atoms with E-state index in [1.165, 1.54) is 0 Å². The van der Waals surface area contributed by atoms with Crippen LogP contribution in [0.3, 0.4) is 0 Å². The zero-order valence-electron chi connectivity index (χ0n) is 11.4. The van der Waals surface area contributed by atoms with Crippen molar-refractivity contribution in [1.82, 2.24) is 5.32 Å². The summed E-state index contributed by atoms with van der Waals surface area (Å²) in [6.07, 6.45) is 0. The first kappa shape index (κ1) is 14.3. The lowest BCUT2D eigenvalue weighted by atomic mass is 10.2. The molecule has 1 amide bonds. The number of hydrogen-bond donors (Lipinski definition) is 3. The van der Waals surface area contributed by atoms with Gasteiger partial charge in [0.15, 0.2) is 11.5 Å². The van der Waals surface area contributed by atoms with Crippen molar-refractivity contribution in [3.05, 3.63) is 12.1 Å². The molecular weight excluding hydrogens is 262 g/mol. The number of nitrogens with one attached hydrogen (secondary N) is 2. The molecule has 0 spiro atoms. The number of nitrogens with two attached hydrogens (primary N) is 1. The van der Waals surface area contributed by atoms with E-state index < -0.39 is 0 Å². The van der Waals surface area contributed by atoms with E-state index in [0.29, 0.717) is 49.2 Å². The van der Waals surface area contributed by atoms with Gasteiger partial charge in [0.25, 0.3) is 0 Å². The fourth-order valence-electron chi connectivity index (χ4n) is 1.79. The molecule has 1 aromatic carbocycles. The fraction of sp³-hybridized carbons (Fsp3) is 0.462. The maximum atomic E-state index is 11.6. The lowest BCUT2D eigenvalue weighted by Crippen LogP contribution is -2.32. The number of carbonyl (C=O) groups is 1. The molecule has 1 aromatic rings. The summed E-state index contributed by atoms with van der Waals surface area (Å²) in [5.41, 5.74) is 7.06. The maximum Gasteiger partial charge on any atom is 0.239 e. The van der Waals surface area contributed by atoms with E-state index in [1.807, 2.05) is 0 Å². The van der Waals surface area contributed by atoms with E-state index >= 15 is 0 Å². The smallest absolute Gasteiger partial charge is 0.239 e. The summed E-state index contributed by atoms with van der Waals surface area (Å²) in [6, 6.07) is 3.44. The Morgan fingerprint density at radius 1 is 1.35 bits per heavy atom. The monoisotopic (exact) mass is 281 g/mol. The van der Waals surface area contributed by atoms with Crippen molar-refractivity contribution in [1.29, 1.82) is 0 Å². The number of rotatable bonds is 6. The standard InChI is InChI=1S/C13H19N3O4/c1-18-3-2-15-13(17)8-16-10-7-12-11(6-9(10)14)19-4-5-20-12/h6-7,16H,2-5,8,14H2,1H3,(H,15,17). The number of hydrogen-bond acceptors (Lipinski definition) is 6. The molecule has 1 aliphatic rings. The van der Waals surface area contributed by atoms with Crippen LogP contribution in [-0.2, 0) is 9.53 Å². The average Bonchev–Trinajstić information content (AvgIpc) is 2.45. The van der Waals surface area contributed by atoms with Gasteiger partial charge in [-0.15, -0.1) is 0 Å². The van der Waals surface area contributed by atoms with Gasteiger partial charge in [-0.25, -0.2) is 0 Å².